The number of rotatable bonds is 6. The predicted octanol–water partition coefficient (Wildman–Crippen LogP) is 1.99. The number of nitrogens with zero attached hydrogens (tertiary/aromatic N) is 2. The molecule has 0 aromatic carbocycles. The van der Waals surface area contributed by atoms with Gasteiger partial charge in [-0.3, -0.25) is 9.69 Å². The van der Waals surface area contributed by atoms with Crippen molar-refractivity contribution in [3.63, 3.8) is 0 Å². The normalized spacial score (nSPS) is 16.0. The summed E-state index contributed by atoms with van der Waals surface area (Å²) in [5.41, 5.74) is 0.301. The van der Waals surface area contributed by atoms with E-state index in [1.165, 1.54) is 6.20 Å². The minimum Gasteiger partial charge on any atom is -0.478 e. The van der Waals surface area contributed by atoms with Gasteiger partial charge in [0.25, 0.3) is 0 Å². The number of amides is 1. The van der Waals surface area contributed by atoms with E-state index in [0.29, 0.717) is 37.6 Å². The Hall–Kier alpha value is -1.99. The first kappa shape index (κ1) is 18.4. The lowest BCUT2D eigenvalue weighted by Gasteiger charge is -2.27. The lowest BCUT2D eigenvalue weighted by molar-refractivity contribution is -0.124. The summed E-state index contributed by atoms with van der Waals surface area (Å²) in [5, 5.41) is 12.2. The summed E-state index contributed by atoms with van der Waals surface area (Å²) >= 11 is 0. The summed E-state index contributed by atoms with van der Waals surface area (Å²) in [4.78, 5) is 29.9. The zero-order valence-corrected chi connectivity index (χ0v) is 14.5. The molecule has 1 fully saturated rings. The first-order valence-corrected chi connectivity index (χ1v) is 8.17. The molecule has 1 saturated heterocycles. The standard InChI is InChI=1S/C17H25N3O4/c1-4-17(2,3)16(23)19-14-9-12(13(10-18-14)15(21)22)11-20-5-7-24-8-6-20/h9-10H,4-8,11H2,1-3H3,(H,21,22)(H,18,19,23). The average Bonchev–Trinajstić information content (AvgIpc) is 2.55. The van der Waals surface area contributed by atoms with Crippen LogP contribution in [0.15, 0.2) is 12.3 Å². The van der Waals surface area contributed by atoms with E-state index in [0.717, 1.165) is 13.1 Å². The van der Waals surface area contributed by atoms with Gasteiger partial charge >= 0.3 is 5.97 Å². The van der Waals surface area contributed by atoms with Crippen molar-refractivity contribution in [2.75, 3.05) is 31.6 Å². The third kappa shape index (κ3) is 4.52. The minimum absolute atomic E-state index is 0.127. The van der Waals surface area contributed by atoms with Gasteiger partial charge in [0.05, 0.1) is 18.8 Å². The van der Waals surface area contributed by atoms with Gasteiger partial charge in [0, 0.05) is 31.2 Å². The molecule has 0 bridgehead atoms. The number of hydrogen-bond donors (Lipinski definition) is 2. The van der Waals surface area contributed by atoms with Crippen LogP contribution in [0.2, 0.25) is 0 Å². The zero-order chi connectivity index (χ0) is 17.7. The molecule has 0 aliphatic carbocycles. The van der Waals surface area contributed by atoms with Crippen LogP contribution in [0.3, 0.4) is 0 Å². The molecule has 7 heteroatoms. The smallest absolute Gasteiger partial charge is 0.337 e. The topological polar surface area (TPSA) is 91.8 Å². The molecule has 0 radical (unpaired) electrons. The van der Waals surface area contributed by atoms with E-state index >= 15 is 0 Å². The van der Waals surface area contributed by atoms with Gasteiger partial charge in [-0.2, -0.15) is 0 Å². The molecule has 2 N–H and O–H groups in total. The van der Waals surface area contributed by atoms with E-state index in [4.69, 9.17) is 4.74 Å². The van der Waals surface area contributed by atoms with Crippen LogP contribution in [0, 0.1) is 5.41 Å². The van der Waals surface area contributed by atoms with Gasteiger partial charge in [0.1, 0.15) is 5.82 Å². The van der Waals surface area contributed by atoms with E-state index in [1.54, 1.807) is 6.07 Å². The predicted molar refractivity (Wildman–Crippen MR) is 90.0 cm³/mol. The Balaban J connectivity index is 2.20. The lowest BCUT2D eigenvalue weighted by atomic mass is 9.89. The molecule has 1 aliphatic heterocycles. The van der Waals surface area contributed by atoms with Crippen LogP contribution in [0.5, 0.6) is 0 Å². The molecule has 132 valence electrons. The number of ether oxygens (including phenoxy) is 1. The van der Waals surface area contributed by atoms with Crippen molar-refractivity contribution < 1.29 is 19.4 Å². The van der Waals surface area contributed by atoms with Crippen molar-refractivity contribution in [2.24, 2.45) is 5.41 Å². The van der Waals surface area contributed by atoms with Crippen LogP contribution in [-0.2, 0) is 16.1 Å². The minimum atomic E-state index is -1.02. The zero-order valence-electron chi connectivity index (χ0n) is 14.5. The van der Waals surface area contributed by atoms with Crippen molar-refractivity contribution in [1.29, 1.82) is 0 Å². The molecule has 2 heterocycles. The van der Waals surface area contributed by atoms with E-state index < -0.39 is 11.4 Å². The summed E-state index contributed by atoms with van der Waals surface area (Å²) in [5.74, 6) is -0.759. The van der Waals surface area contributed by atoms with E-state index in [9.17, 15) is 14.7 Å². The van der Waals surface area contributed by atoms with Crippen LogP contribution >= 0.6 is 0 Å². The maximum atomic E-state index is 12.3. The van der Waals surface area contributed by atoms with Crippen LogP contribution in [0.25, 0.3) is 0 Å². The SMILES string of the molecule is CCC(C)(C)C(=O)Nc1cc(CN2CCOCC2)c(C(=O)O)cn1. The third-order valence-corrected chi connectivity index (χ3v) is 4.46. The first-order chi connectivity index (χ1) is 11.3. The number of carboxylic acid groups (broad SMARTS) is 1. The van der Waals surface area contributed by atoms with E-state index in [2.05, 4.69) is 15.2 Å². The van der Waals surface area contributed by atoms with Gasteiger partial charge in [-0.05, 0) is 18.1 Å². The second kappa shape index (κ2) is 7.72. The summed E-state index contributed by atoms with van der Waals surface area (Å²) in [6, 6.07) is 1.66. The Morgan fingerprint density at radius 3 is 2.62 bits per heavy atom. The summed E-state index contributed by atoms with van der Waals surface area (Å²) in [6.45, 7) is 8.96. The molecule has 1 aromatic rings. The number of carbonyl (C=O) groups is 2. The molecule has 1 amide bonds. The molecule has 1 aliphatic rings. The van der Waals surface area contributed by atoms with Crippen molar-refractivity contribution in [3.05, 3.63) is 23.4 Å². The molecule has 7 nitrogen and oxygen atoms in total. The number of pyridine rings is 1. The van der Waals surface area contributed by atoms with Gasteiger partial charge in [-0.15, -0.1) is 0 Å². The Labute approximate surface area is 142 Å². The number of nitrogens with one attached hydrogen (secondary N) is 1. The van der Waals surface area contributed by atoms with Gasteiger partial charge in [-0.25, -0.2) is 9.78 Å². The van der Waals surface area contributed by atoms with Crippen LogP contribution < -0.4 is 5.32 Å². The lowest BCUT2D eigenvalue weighted by Crippen LogP contribution is -2.36. The van der Waals surface area contributed by atoms with Gasteiger partial charge in [0.15, 0.2) is 0 Å². The molecule has 1 aromatic heterocycles. The molecular formula is C17H25N3O4. The number of morpholine rings is 1. The molecule has 0 atom stereocenters. The largest absolute Gasteiger partial charge is 0.478 e. The van der Waals surface area contributed by atoms with Gasteiger partial charge in [-0.1, -0.05) is 20.8 Å². The van der Waals surface area contributed by atoms with Crippen molar-refractivity contribution in [1.82, 2.24) is 9.88 Å². The summed E-state index contributed by atoms with van der Waals surface area (Å²) < 4.78 is 5.31. The Morgan fingerprint density at radius 1 is 1.38 bits per heavy atom. The molecular weight excluding hydrogens is 310 g/mol. The molecule has 0 saturated carbocycles. The van der Waals surface area contributed by atoms with Crippen molar-refractivity contribution in [2.45, 2.75) is 33.7 Å². The highest BCUT2D eigenvalue weighted by atomic mass is 16.5. The number of aromatic carboxylic acids is 1. The van der Waals surface area contributed by atoms with E-state index in [1.807, 2.05) is 20.8 Å². The highest BCUT2D eigenvalue weighted by Crippen LogP contribution is 2.23. The maximum Gasteiger partial charge on any atom is 0.337 e. The second-order valence-corrected chi connectivity index (χ2v) is 6.61. The van der Waals surface area contributed by atoms with E-state index in [-0.39, 0.29) is 11.5 Å². The monoisotopic (exact) mass is 335 g/mol. The van der Waals surface area contributed by atoms with Gasteiger partial charge < -0.3 is 15.2 Å². The van der Waals surface area contributed by atoms with Crippen LogP contribution in [-0.4, -0.2) is 53.2 Å². The molecule has 0 spiro atoms. The molecule has 2 rings (SSSR count). The Bertz CT molecular complexity index is 610. The van der Waals surface area contributed by atoms with Crippen LogP contribution in [0.1, 0.15) is 43.1 Å². The number of aromatic nitrogens is 1. The Morgan fingerprint density at radius 2 is 2.04 bits per heavy atom. The molecule has 24 heavy (non-hydrogen) atoms. The summed E-state index contributed by atoms with van der Waals surface area (Å²) in [7, 11) is 0. The fourth-order valence-electron chi connectivity index (χ4n) is 2.34. The third-order valence-electron chi connectivity index (χ3n) is 4.46. The molecule has 0 unspecified atom stereocenters. The average molecular weight is 335 g/mol. The van der Waals surface area contributed by atoms with Crippen LogP contribution in [0.4, 0.5) is 5.82 Å². The fraction of sp³-hybridized carbons (Fsp3) is 0.588. The maximum absolute atomic E-state index is 12.3. The Kier molecular flexibility index (Phi) is 5.90. The number of anilines is 1. The highest BCUT2D eigenvalue weighted by molar-refractivity contribution is 5.95. The second-order valence-electron chi connectivity index (χ2n) is 6.61. The fourth-order valence-corrected chi connectivity index (χ4v) is 2.34. The first-order valence-electron chi connectivity index (χ1n) is 8.17. The highest BCUT2D eigenvalue weighted by Gasteiger charge is 2.26. The van der Waals surface area contributed by atoms with Crippen molar-refractivity contribution >= 4 is 17.7 Å². The number of carboxylic acids is 1. The number of carbonyl (C=O) groups excluding carboxylic acids is 1. The quantitative estimate of drug-likeness (QED) is 0.826. The van der Waals surface area contributed by atoms with Crippen molar-refractivity contribution in [3.8, 4) is 0 Å². The van der Waals surface area contributed by atoms with Gasteiger partial charge in [0.2, 0.25) is 5.91 Å². The number of hydrogen-bond acceptors (Lipinski definition) is 5. The summed E-state index contributed by atoms with van der Waals surface area (Å²) in [6.07, 6.45) is 2.01.